The Labute approximate surface area is 208 Å². The van der Waals surface area contributed by atoms with Crippen molar-refractivity contribution < 1.29 is 9.53 Å². The van der Waals surface area contributed by atoms with E-state index in [1.807, 2.05) is 13.0 Å². The molecular weight excluding hydrogens is 470 g/mol. The number of carbonyl (C=O) groups excluding carboxylic acids is 1. The van der Waals surface area contributed by atoms with Crippen LogP contribution in [0.5, 0.6) is 5.75 Å². The van der Waals surface area contributed by atoms with Crippen molar-refractivity contribution in [3.05, 3.63) is 51.5 Å². The monoisotopic (exact) mass is 497 g/mol. The van der Waals surface area contributed by atoms with E-state index in [0.717, 1.165) is 30.7 Å². The standard InChI is InChI=1S/C25H28ClN5O2S/c1-15-10-17(18-12-23(26)28-14-21(18)33-2)19(13-27-15)24(32)30-25-29-20-7-6-16(11-22(20)34-25)31-8-4-3-5-9-31/h10,12-14,16H,3-9,11H2,1-2H3,(H,29,30,32)/t16-/m1/s1. The summed E-state index contributed by atoms with van der Waals surface area (Å²) in [6.07, 6.45) is 10.2. The number of aryl methyl sites for hydroxylation is 2. The summed E-state index contributed by atoms with van der Waals surface area (Å²) >= 11 is 7.75. The summed E-state index contributed by atoms with van der Waals surface area (Å²) < 4.78 is 5.48. The van der Waals surface area contributed by atoms with Gasteiger partial charge >= 0.3 is 0 Å². The number of carbonyl (C=O) groups is 1. The van der Waals surface area contributed by atoms with Gasteiger partial charge in [-0.1, -0.05) is 18.0 Å². The molecule has 0 aromatic carbocycles. The van der Waals surface area contributed by atoms with Crippen LogP contribution in [-0.4, -0.2) is 52.0 Å². The molecule has 1 fully saturated rings. The third-order valence-corrected chi connectivity index (χ3v) is 7.91. The molecule has 1 amide bonds. The second-order valence-electron chi connectivity index (χ2n) is 8.91. The number of pyridine rings is 2. The van der Waals surface area contributed by atoms with Gasteiger partial charge in [0, 0.05) is 33.9 Å². The number of thiazole rings is 1. The van der Waals surface area contributed by atoms with Gasteiger partial charge in [-0.05, 0) is 64.3 Å². The van der Waals surface area contributed by atoms with E-state index in [1.54, 1.807) is 36.9 Å². The SMILES string of the molecule is COc1cnc(Cl)cc1-c1cc(C)ncc1C(=O)Nc1nc2c(s1)C[C@H](N1CCCCC1)CC2. The maximum atomic E-state index is 13.3. The number of rotatable bonds is 5. The Hall–Kier alpha value is -2.55. The molecule has 1 aliphatic carbocycles. The number of ether oxygens (including phenoxy) is 1. The number of hydrogen-bond acceptors (Lipinski definition) is 7. The van der Waals surface area contributed by atoms with E-state index in [-0.39, 0.29) is 5.91 Å². The average molecular weight is 498 g/mol. The van der Waals surface area contributed by atoms with Crippen molar-refractivity contribution in [3.8, 4) is 16.9 Å². The van der Waals surface area contributed by atoms with Gasteiger partial charge in [-0.25, -0.2) is 9.97 Å². The van der Waals surface area contributed by atoms with Gasteiger partial charge in [0.1, 0.15) is 10.9 Å². The molecule has 1 saturated heterocycles. The van der Waals surface area contributed by atoms with E-state index < -0.39 is 0 Å². The van der Waals surface area contributed by atoms with Crippen LogP contribution in [0.2, 0.25) is 5.15 Å². The Morgan fingerprint density at radius 3 is 2.79 bits per heavy atom. The summed E-state index contributed by atoms with van der Waals surface area (Å²) in [4.78, 5) is 30.5. The molecule has 1 N–H and O–H groups in total. The topological polar surface area (TPSA) is 80.2 Å². The first-order chi connectivity index (χ1) is 16.5. The number of fused-ring (bicyclic) bond motifs is 1. The number of halogens is 1. The minimum atomic E-state index is -0.254. The lowest BCUT2D eigenvalue weighted by Gasteiger charge is -2.36. The van der Waals surface area contributed by atoms with Crippen molar-refractivity contribution in [1.82, 2.24) is 19.9 Å². The van der Waals surface area contributed by atoms with Gasteiger partial charge < -0.3 is 9.64 Å². The molecule has 4 heterocycles. The molecule has 0 bridgehead atoms. The van der Waals surface area contributed by atoms with Gasteiger partial charge in [-0.3, -0.25) is 15.1 Å². The molecule has 34 heavy (non-hydrogen) atoms. The quantitative estimate of drug-likeness (QED) is 0.490. The van der Waals surface area contributed by atoms with Crippen LogP contribution in [-0.2, 0) is 12.8 Å². The normalized spacial score (nSPS) is 18.4. The minimum absolute atomic E-state index is 0.254. The highest BCUT2D eigenvalue weighted by atomic mass is 35.5. The van der Waals surface area contributed by atoms with Crippen molar-refractivity contribution in [1.29, 1.82) is 0 Å². The summed E-state index contributed by atoms with van der Waals surface area (Å²) in [6.45, 7) is 4.29. The predicted molar refractivity (Wildman–Crippen MR) is 135 cm³/mol. The minimum Gasteiger partial charge on any atom is -0.494 e. The lowest BCUT2D eigenvalue weighted by Crippen LogP contribution is -2.42. The van der Waals surface area contributed by atoms with E-state index in [4.69, 9.17) is 21.3 Å². The van der Waals surface area contributed by atoms with E-state index in [1.165, 1.54) is 37.2 Å². The second kappa shape index (κ2) is 9.98. The first-order valence-corrected chi connectivity index (χ1v) is 12.9. The molecule has 3 aromatic rings. The number of aromatic nitrogens is 3. The Morgan fingerprint density at radius 2 is 2.00 bits per heavy atom. The van der Waals surface area contributed by atoms with Gasteiger partial charge in [0.2, 0.25) is 0 Å². The van der Waals surface area contributed by atoms with Gasteiger partial charge in [0.25, 0.3) is 5.91 Å². The van der Waals surface area contributed by atoms with E-state index in [0.29, 0.717) is 38.8 Å². The molecule has 178 valence electrons. The first kappa shape index (κ1) is 23.2. The fourth-order valence-electron chi connectivity index (χ4n) is 4.92. The molecule has 1 atom stereocenters. The molecule has 3 aromatic heterocycles. The number of piperidine rings is 1. The number of nitrogens with one attached hydrogen (secondary N) is 1. The van der Waals surface area contributed by atoms with Crippen LogP contribution in [0.15, 0.2) is 24.5 Å². The fourth-order valence-corrected chi connectivity index (χ4v) is 6.16. The molecule has 1 aliphatic heterocycles. The highest BCUT2D eigenvalue weighted by Crippen LogP contribution is 2.36. The highest BCUT2D eigenvalue weighted by molar-refractivity contribution is 7.15. The molecule has 2 aliphatic rings. The lowest BCUT2D eigenvalue weighted by molar-refractivity contribution is 0.102. The Balaban J connectivity index is 1.38. The summed E-state index contributed by atoms with van der Waals surface area (Å²) in [5, 5.41) is 3.98. The third-order valence-electron chi connectivity index (χ3n) is 6.67. The lowest BCUT2D eigenvalue weighted by atomic mass is 9.94. The summed E-state index contributed by atoms with van der Waals surface area (Å²) in [7, 11) is 1.57. The zero-order chi connectivity index (χ0) is 23.7. The first-order valence-electron chi connectivity index (χ1n) is 11.7. The molecule has 0 spiro atoms. The van der Waals surface area contributed by atoms with Crippen molar-refractivity contribution in [2.45, 2.75) is 51.5 Å². The molecule has 9 heteroatoms. The molecule has 0 unspecified atom stereocenters. The zero-order valence-electron chi connectivity index (χ0n) is 19.4. The molecular formula is C25H28ClN5O2S. The van der Waals surface area contributed by atoms with Crippen molar-refractivity contribution in [2.24, 2.45) is 0 Å². The summed E-state index contributed by atoms with van der Waals surface area (Å²) in [5.74, 6) is 0.286. The number of nitrogens with zero attached hydrogens (tertiary/aromatic N) is 4. The van der Waals surface area contributed by atoms with Gasteiger partial charge in [-0.15, -0.1) is 11.3 Å². The Bertz CT molecular complexity index is 1210. The largest absolute Gasteiger partial charge is 0.494 e. The van der Waals surface area contributed by atoms with Crippen LogP contribution in [0.3, 0.4) is 0 Å². The highest BCUT2D eigenvalue weighted by Gasteiger charge is 2.28. The van der Waals surface area contributed by atoms with Crippen LogP contribution in [0.4, 0.5) is 5.13 Å². The predicted octanol–water partition coefficient (Wildman–Crippen LogP) is 5.17. The summed E-state index contributed by atoms with van der Waals surface area (Å²) in [5.41, 5.74) is 3.73. The van der Waals surface area contributed by atoms with Gasteiger partial charge in [-0.2, -0.15) is 0 Å². The molecule has 7 nitrogen and oxygen atoms in total. The molecule has 0 saturated carbocycles. The van der Waals surface area contributed by atoms with Crippen LogP contribution in [0.25, 0.3) is 11.1 Å². The third kappa shape index (κ3) is 4.80. The van der Waals surface area contributed by atoms with Crippen LogP contribution in [0, 0.1) is 6.92 Å². The Morgan fingerprint density at radius 1 is 1.18 bits per heavy atom. The van der Waals surface area contributed by atoms with E-state index >= 15 is 0 Å². The number of likely N-dealkylation sites (tertiary alicyclic amines) is 1. The fraction of sp³-hybridized carbons (Fsp3) is 0.440. The second-order valence-corrected chi connectivity index (χ2v) is 10.4. The van der Waals surface area contributed by atoms with Crippen LogP contribution in [0.1, 0.15) is 52.3 Å². The van der Waals surface area contributed by atoms with Gasteiger partial charge in [0.05, 0.1) is 24.6 Å². The maximum absolute atomic E-state index is 13.3. The van der Waals surface area contributed by atoms with Crippen molar-refractivity contribution in [3.63, 3.8) is 0 Å². The zero-order valence-corrected chi connectivity index (χ0v) is 21.0. The smallest absolute Gasteiger partial charge is 0.259 e. The van der Waals surface area contributed by atoms with E-state index in [2.05, 4.69) is 20.2 Å². The number of hydrogen-bond donors (Lipinski definition) is 1. The molecule has 0 radical (unpaired) electrons. The summed E-state index contributed by atoms with van der Waals surface area (Å²) in [6, 6.07) is 4.15. The average Bonchev–Trinajstić information content (AvgIpc) is 3.25. The number of methoxy groups -OCH3 is 1. The molecule has 5 rings (SSSR count). The Kier molecular flexibility index (Phi) is 6.81. The van der Waals surface area contributed by atoms with Gasteiger partial charge in [0.15, 0.2) is 5.13 Å². The van der Waals surface area contributed by atoms with Crippen molar-refractivity contribution >= 4 is 34.0 Å². The number of amides is 1. The van der Waals surface area contributed by atoms with Crippen molar-refractivity contribution in [2.75, 3.05) is 25.5 Å². The van der Waals surface area contributed by atoms with Crippen LogP contribution < -0.4 is 10.1 Å². The number of anilines is 1. The van der Waals surface area contributed by atoms with Crippen LogP contribution >= 0.6 is 22.9 Å². The maximum Gasteiger partial charge on any atom is 0.259 e. The van der Waals surface area contributed by atoms with E-state index in [9.17, 15) is 4.79 Å².